The summed E-state index contributed by atoms with van der Waals surface area (Å²) in [7, 11) is 1.81. The van der Waals surface area contributed by atoms with Gasteiger partial charge in [-0.2, -0.15) is 0 Å². The second kappa shape index (κ2) is 7.46. The molecular weight excluding hydrogens is 224 g/mol. The number of hydrogen-bond acceptors (Lipinski definition) is 3. The highest BCUT2D eigenvalue weighted by atomic mass is 16.5. The molecule has 1 aliphatic rings. The molecule has 1 aliphatic heterocycles. The molecule has 18 heavy (non-hydrogen) atoms. The highest BCUT2D eigenvalue weighted by Crippen LogP contribution is 2.21. The van der Waals surface area contributed by atoms with Crippen LogP contribution < -0.4 is 5.32 Å². The van der Waals surface area contributed by atoms with Crippen LogP contribution in [0.25, 0.3) is 0 Å². The van der Waals surface area contributed by atoms with Crippen LogP contribution in [0.2, 0.25) is 0 Å². The van der Waals surface area contributed by atoms with Gasteiger partial charge in [-0.15, -0.1) is 0 Å². The van der Waals surface area contributed by atoms with E-state index in [1.165, 1.54) is 6.42 Å². The van der Waals surface area contributed by atoms with Crippen molar-refractivity contribution in [3.8, 4) is 0 Å². The molecular formula is C15H32N2O. The fourth-order valence-corrected chi connectivity index (χ4v) is 2.88. The highest BCUT2D eigenvalue weighted by molar-refractivity contribution is 4.90. The molecule has 4 unspecified atom stereocenters. The molecule has 0 aromatic heterocycles. The van der Waals surface area contributed by atoms with Crippen LogP contribution >= 0.6 is 0 Å². The second-order valence-electron chi connectivity index (χ2n) is 6.21. The molecule has 0 bridgehead atoms. The SMILES string of the molecule is CCC(C)C1CN(C(COC)C(C)C)C(C)CN1. The molecule has 1 saturated heterocycles. The minimum atomic E-state index is 0.540. The minimum absolute atomic E-state index is 0.540. The maximum Gasteiger partial charge on any atom is 0.0620 e. The lowest BCUT2D eigenvalue weighted by atomic mass is 9.92. The van der Waals surface area contributed by atoms with Gasteiger partial charge in [-0.25, -0.2) is 0 Å². The fraction of sp³-hybridized carbons (Fsp3) is 1.00. The summed E-state index contributed by atoms with van der Waals surface area (Å²) in [5, 5.41) is 3.70. The first-order valence-electron chi connectivity index (χ1n) is 7.49. The Labute approximate surface area is 113 Å². The third-order valence-corrected chi connectivity index (χ3v) is 4.51. The van der Waals surface area contributed by atoms with E-state index in [1.54, 1.807) is 0 Å². The van der Waals surface area contributed by atoms with Crippen LogP contribution in [-0.4, -0.2) is 49.8 Å². The quantitative estimate of drug-likeness (QED) is 0.789. The molecule has 1 fully saturated rings. The molecule has 3 nitrogen and oxygen atoms in total. The van der Waals surface area contributed by atoms with Gasteiger partial charge in [-0.05, 0) is 18.8 Å². The smallest absolute Gasteiger partial charge is 0.0620 e. The zero-order valence-electron chi connectivity index (χ0n) is 13.1. The van der Waals surface area contributed by atoms with Gasteiger partial charge < -0.3 is 10.1 Å². The molecule has 1 N–H and O–H groups in total. The lowest BCUT2D eigenvalue weighted by Gasteiger charge is -2.46. The first-order chi connectivity index (χ1) is 8.51. The van der Waals surface area contributed by atoms with Crippen LogP contribution in [0.15, 0.2) is 0 Å². The van der Waals surface area contributed by atoms with Crippen molar-refractivity contribution in [2.24, 2.45) is 11.8 Å². The Morgan fingerprint density at radius 1 is 1.33 bits per heavy atom. The molecule has 4 atom stereocenters. The summed E-state index contributed by atoms with van der Waals surface area (Å²) in [5.74, 6) is 1.39. The molecule has 0 spiro atoms. The molecule has 0 radical (unpaired) electrons. The number of methoxy groups -OCH3 is 1. The highest BCUT2D eigenvalue weighted by Gasteiger charge is 2.33. The van der Waals surface area contributed by atoms with E-state index in [1.807, 2.05) is 7.11 Å². The van der Waals surface area contributed by atoms with Gasteiger partial charge in [-0.1, -0.05) is 34.1 Å². The van der Waals surface area contributed by atoms with Crippen LogP contribution in [0, 0.1) is 11.8 Å². The Bertz CT molecular complexity index is 233. The first-order valence-corrected chi connectivity index (χ1v) is 7.49. The van der Waals surface area contributed by atoms with Crippen molar-refractivity contribution >= 4 is 0 Å². The Morgan fingerprint density at radius 2 is 2.00 bits per heavy atom. The van der Waals surface area contributed by atoms with Gasteiger partial charge in [0.2, 0.25) is 0 Å². The van der Waals surface area contributed by atoms with E-state index >= 15 is 0 Å². The molecule has 1 rings (SSSR count). The van der Waals surface area contributed by atoms with Gasteiger partial charge in [0.15, 0.2) is 0 Å². The average molecular weight is 256 g/mol. The maximum atomic E-state index is 5.43. The van der Waals surface area contributed by atoms with Gasteiger partial charge >= 0.3 is 0 Å². The zero-order chi connectivity index (χ0) is 13.7. The predicted octanol–water partition coefficient (Wildman–Crippen LogP) is 2.37. The Hall–Kier alpha value is -0.120. The van der Waals surface area contributed by atoms with Crippen molar-refractivity contribution in [1.29, 1.82) is 0 Å². The van der Waals surface area contributed by atoms with Gasteiger partial charge in [0.25, 0.3) is 0 Å². The topological polar surface area (TPSA) is 24.5 Å². The van der Waals surface area contributed by atoms with Gasteiger partial charge in [0, 0.05) is 38.3 Å². The third-order valence-electron chi connectivity index (χ3n) is 4.51. The first kappa shape index (κ1) is 15.9. The largest absolute Gasteiger partial charge is 0.383 e. The van der Waals surface area contributed by atoms with Crippen molar-refractivity contribution < 1.29 is 4.74 Å². The van der Waals surface area contributed by atoms with Crippen LogP contribution in [0.3, 0.4) is 0 Å². The lowest BCUT2D eigenvalue weighted by molar-refractivity contribution is 0.0106. The molecule has 0 saturated carbocycles. The Kier molecular flexibility index (Phi) is 6.61. The van der Waals surface area contributed by atoms with E-state index < -0.39 is 0 Å². The van der Waals surface area contributed by atoms with Crippen molar-refractivity contribution in [3.63, 3.8) is 0 Å². The van der Waals surface area contributed by atoms with Crippen LogP contribution in [0.1, 0.15) is 41.0 Å². The molecule has 0 amide bonds. The van der Waals surface area contributed by atoms with Crippen molar-refractivity contribution in [1.82, 2.24) is 10.2 Å². The number of hydrogen-bond donors (Lipinski definition) is 1. The van der Waals surface area contributed by atoms with Crippen molar-refractivity contribution in [2.45, 2.75) is 59.2 Å². The molecule has 0 aromatic carbocycles. The number of nitrogens with zero attached hydrogens (tertiary/aromatic N) is 1. The summed E-state index contributed by atoms with van der Waals surface area (Å²) in [6.07, 6.45) is 1.25. The normalized spacial score (nSPS) is 29.5. The second-order valence-corrected chi connectivity index (χ2v) is 6.21. The van der Waals surface area contributed by atoms with Crippen LogP contribution in [0.5, 0.6) is 0 Å². The van der Waals surface area contributed by atoms with Gasteiger partial charge in [-0.3, -0.25) is 4.90 Å². The standard InChI is InChI=1S/C15H32N2O/c1-7-12(4)14-9-17(13(5)8-16-14)15(10-18-6)11(2)3/h11-16H,7-10H2,1-6H3. The number of rotatable bonds is 6. The summed E-state index contributed by atoms with van der Waals surface area (Å²) >= 11 is 0. The summed E-state index contributed by atoms with van der Waals surface area (Å²) in [5.41, 5.74) is 0. The monoisotopic (exact) mass is 256 g/mol. The summed E-state index contributed by atoms with van der Waals surface area (Å²) in [4.78, 5) is 2.65. The Morgan fingerprint density at radius 3 is 2.50 bits per heavy atom. The summed E-state index contributed by atoms with van der Waals surface area (Å²) in [6, 6.07) is 1.77. The fourth-order valence-electron chi connectivity index (χ4n) is 2.88. The Balaban J connectivity index is 2.70. The van der Waals surface area contributed by atoms with Gasteiger partial charge in [0.1, 0.15) is 0 Å². The molecule has 108 valence electrons. The predicted molar refractivity (Wildman–Crippen MR) is 77.9 cm³/mol. The average Bonchev–Trinajstić information content (AvgIpc) is 2.35. The molecule has 0 aromatic rings. The number of nitrogens with one attached hydrogen (secondary N) is 1. The van der Waals surface area contributed by atoms with E-state index in [-0.39, 0.29) is 0 Å². The van der Waals surface area contributed by atoms with Gasteiger partial charge in [0.05, 0.1) is 6.61 Å². The summed E-state index contributed by atoms with van der Waals surface area (Å²) < 4.78 is 5.43. The van der Waals surface area contributed by atoms with E-state index in [2.05, 4.69) is 44.8 Å². The minimum Gasteiger partial charge on any atom is -0.383 e. The third kappa shape index (κ3) is 3.94. The van der Waals surface area contributed by atoms with Crippen LogP contribution in [-0.2, 0) is 4.74 Å². The van der Waals surface area contributed by atoms with E-state index in [9.17, 15) is 0 Å². The molecule has 3 heteroatoms. The number of ether oxygens (including phenoxy) is 1. The van der Waals surface area contributed by atoms with E-state index in [0.717, 1.165) is 25.6 Å². The zero-order valence-corrected chi connectivity index (χ0v) is 13.1. The van der Waals surface area contributed by atoms with Crippen LogP contribution in [0.4, 0.5) is 0 Å². The summed E-state index contributed by atoms with van der Waals surface area (Å²) in [6.45, 7) is 14.7. The van der Waals surface area contributed by atoms with Crippen molar-refractivity contribution in [3.05, 3.63) is 0 Å². The molecule has 0 aliphatic carbocycles. The van der Waals surface area contributed by atoms with E-state index in [0.29, 0.717) is 24.0 Å². The molecule has 1 heterocycles. The van der Waals surface area contributed by atoms with Crippen molar-refractivity contribution in [2.75, 3.05) is 26.8 Å². The maximum absolute atomic E-state index is 5.43. The number of piperazine rings is 1. The lowest BCUT2D eigenvalue weighted by Crippen LogP contribution is -2.61. The van der Waals surface area contributed by atoms with E-state index in [4.69, 9.17) is 4.74 Å².